The van der Waals surface area contributed by atoms with Gasteiger partial charge in [0.15, 0.2) is 17.9 Å². The van der Waals surface area contributed by atoms with Crippen LogP contribution in [0.15, 0.2) is 41.3 Å². The predicted molar refractivity (Wildman–Crippen MR) is 173 cm³/mol. The molecular weight excluding hydrogens is 709 g/mol. The number of ether oxygens (including phenoxy) is 1. The van der Waals surface area contributed by atoms with Crippen molar-refractivity contribution in [2.24, 2.45) is 11.7 Å². The number of fused-ring (bicyclic) bond motifs is 1. The summed E-state index contributed by atoms with van der Waals surface area (Å²) in [7, 11) is -3.12. The zero-order valence-corrected chi connectivity index (χ0v) is 29.1. The lowest BCUT2D eigenvalue weighted by Crippen LogP contribution is -2.75. The molecule has 0 aliphatic carbocycles. The Labute approximate surface area is 292 Å². The van der Waals surface area contributed by atoms with Crippen LogP contribution in [0.4, 0.5) is 13.6 Å². The van der Waals surface area contributed by atoms with Crippen LogP contribution in [0.25, 0.3) is 0 Å². The summed E-state index contributed by atoms with van der Waals surface area (Å²) in [5.74, 6) is -4.28. The first kappa shape index (κ1) is 36.7. The highest BCUT2D eigenvalue weighted by Crippen LogP contribution is 2.34. The molecule has 3 saturated heterocycles. The minimum Gasteiger partial charge on any atom is -0.425 e. The molecule has 18 heteroatoms. The van der Waals surface area contributed by atoms with Crippen LogP contribution in [-0.4, -0.2) is 108 Å². The van der Waals surface area contributed by atoms with Gasteiger partial charge in [0.1, 0.15) is 23.1 Å². The molecular formula is C31H36Cl2F2N6O7S. The number of piperazine rings is 1. The molecule has 0 aromatic heterocycles. The number of carbonyl (C=O) groups excluding carboxylic acids is 4. The Hall–Kier alpha value is -3.57. The van der Waals surface area contributed by atoms with Crippen molar-refractivity contribution in [1.82, 2.24) is 24.3 Å². The Bertz CT molecular complexity index is 1770. The molecule has 0 spiro atoms. The highest BCUT2D eigenvalue weighted by Gasteiger charge is 2.54. The van der Waals surface area contributed by atoms with Gasteiger partial charge in [-0.25, -0.2) is 22.0 Å². The van der Waals surface area contributed by atoms with Crippen LogP contribution in [0.5, 0.6) is 0 Å². The number of hydrogen-bond acceptors (Lipinski definition) is 8. The zero-order valence-electron chi connectivity index (χ0n) is 26.8. The van der Waals surface area contributed by atoms with Crippen LogP contribution in [0, 0.1) is 17.6 Å². The standard InChI is InChI=1S/C31H36Cl2F2N6O7S/c1-16(2)27(36)30(44)39-10-4-5-26(39)48-31(45)37-22-14-40(49(46,47)24-9-7-18(32)13-19(24)33)25-15-38(3)29(43)23(41(25)28(22)42)12-17-6-8-20(34)21(35)11-17/h6-9,11,13,16,22-23,25-27H,4-5,10,12,14-15,36H2,1-3H3,(H,37,45). The third-order valence-corrected chi connectivity index (χ3v) is 11.5. The van der Waals surface area contributed by atoms with Crippen molar-refractivity contribution >= 4 is 57.0 Å². The summed E-state index contributed by atoms with van der Waals surface area (Å²) in [6, 6.07) is 2.99. The van der Waals surface area contributed by atoms with Gasteiger partial charge in [0.2, 0.25) is 27.7 Å². The molecule has 2 aromatic carbocycles. The van der Waals surface area contributed by atoms with Gasteiger partial charge in [0, 0.05) is 38.0 Å². The average molecular weight is 746 g/mol. The third kappa shape index (κ3) is 7.33. The van der Waals surface area contributed by atoms with Crippen molar-refractivity contribution in [2.75, 3.05) is 26.7 Å². The number of likely N-dealkylation sites (tertiary alicyclic amines) is 1. The monoisotopic (exact) mass is 744 g/mol. The predicted octanol–water partition coefficient (Wildman–Crippen LogP) is 2.54. The van der Waals surface area contributed by atoms with E-state index >= 15 is 0 Å². The molecule has 3 fully saturated rings. The fourth-order valence-electron chi connectivity index (χ4n) is 6.23. The second kappa shape index (κ2) is 14.3. The normalized spacial score (nSPS) is 23.9. The third-order valence-electron chi connectivity index (χ3n) is 8.92. The maximum Gasteiger partial charge on any atom is 0.409 e. The van der Waals surface area contributed by atoms with Gasteiger partial charge in [-0.3, -0.25) is 14.4 Å². The first-order valence-corrected chi connectivity index (χ1v) is 17.7. The summed E-state index contributed by atoms with van der Waals surface area (Å²) in [6.07, 6.45) is -2.84. The van der Waals surface area contributed by atoms with Gasteiger partial charge < -0.3 is 30.5 Å². The number of amides is 4. The minimum atomic E-state index is -4.54. The summed E-state index contributed by atoms with van der Waals surface area (Å²) < 4.78 is 62.9. The van der Waals surface area contributed by atoms with E-state index in [0.29, 0.717) is 19.4 Å². The van der Waals surface area contributed by atoms with E-state index in [1.807, 2.05) is 0 Å². The van der Waals surface area contributed by atoms with Gasteiger partial charge in [0.05, 0.1) is 17.6 Å². The van der Waals surface area contributed by atoms with E-state index in [1.54, 1.807) is 13.8 Å². The molecule has 4 amide bonds. The number of nitrogens with one attached hydrogen (secondary N) is 1. The molecule has 5 rings (SSSR count). The SMILES string of the molecule is CC(C)C(N)C(=O)N1CCCC1OC(=O)NC1CN(S(=O)(=O)c2ccc(Cl)cc2Cl)C2CN(C)C(=O)C(Cc3ccc(F)c(F)c3)N2C1=O. The number of alkyl carbamates (subject to hydrolysis) is 1. The van der Waals surface area contributed by atoms with Crippen molar-refractivity contribution in [3.05, 3.63) is 63.6 Å². The lowest BCUT2D eigenvalue weighted by molar-refractivity contribution is -0.165. The molecule has 3 aliphatic heterocycles. The molecule has 0 radical (unpaired) electrons. The molecule has 49 heavy (non-hydrogen) atoms. The number of carbonyl (C=O) groups is 4. The van der Waals surface area contributed by atoms with E-state index in [-0.39, 0.29) is 39.4 Å². The second-order valence-electron chi connectivity index (χ2n) is 12.6. The molecule has 0 bridgehead atoms. The van der Waals surface area contributed by atoms with Crippen LogP contribution in [0.1, 0.15) is 32.3 Å². The van der Waals surface area contributed by atoms with Crippen LogP contribution in [0.2, 0.25) is 10.0 Å². The fourth-order valence-corrected chi connectivity index (χ4v) is 8.57. The molecule has 5 unspecified atom stereocenters. The number of halogens is 4. The molecule has 3 aliphatic rings. The summed E-state index contributed by atoms with van der Waals surface area (Å²) >= 11 is 12.3. The van der Waals surface area contributed by atoms with Gasteiger partial charge in [-0.05, 0) is 48.2 Å². The van der Waals surface area contributed by atoms with Gasteiger partial charge >= 0.3 is 6.09 Å². The fraction of sp³-hybridized carbons (Fsp3) is 0.484. The van der Waals surface area contributed by atoms with Crippen LogP contribution >= 0.6 is 23.2 Å². The number of benzene rings is 2. The van der Waals surface area contributed by atoms with Gasteiger partial charge in [-0.1, -0.05) is 43.1 Å². The van der Waals surface area contributed by atoms with E-state index in [0.717, 1.165) is 21.3 Å². The molecule has 2 aromatic rings. The Kier molecular flexibility index (Phi) is 10.7. The first-order chi connectivity index (χ1) is 23.0. The van der Waals surface area contributed by atoms with E-state index in [4.69, 9.17) is 33.7 Å². The quantitative estimate of drug-likeness (QED) is 0.417. The molecule has 266 valence electrons. The van der Waals surface area contributed by atoms with E-state index in [2.05, 4.69) is 5.32 Å². The average Bonchev–Trinajstić information content (AvgIpc) is 3.49. The van der Waals surface area contributed by atoms with E-state index < -0.39 is 82.5 Å². The molecule has 3 heterocycles. The summed E-state index contributed by atoms with van der Waals surface area (Å²) in [5, 5.41) is 2.39. The van der Waals surface area contributed by atoms with Crippen molar-refractivity contribution in [1.29, 1.82) is 0 Å². The van der Waals surface area contributed by atoms with E-state index in [9.17, 15) is 36.4 Å². The van der Waals surface area contributed by atoms with Crippen molar-refractivity contribution in [3.63, 3.8) is 0 Å². The second-order valence-corrected chi connectivity index (χ2v) is 15.3. The van der Waals surface area contributed by atoms with Crippen LogP contribution < -0.4 is 11.1 Å². The maximum atomic E-state index is 14.2. The summed E-state index contributed by atoms with van der Waals surface area (Å²) in [6.45, 7) is 3.02. The van der Waals surface area contributed by atoms with Gasteiger partial charge in [0.25, 0.3) is 0 Å². The number of sulfonamides is 1. The molecule has 3 N–H and O–H groups in total. The van der Waals surface area contributed by atoms with Crippen LogP contribution in [0.3, 0.4) is 0 Å². The maximum absolute atomic E-state index is 14.2. The topological polar surface area (TPSA) is 163 Å². The van der Waals surface area contributed by atoms with Gasteiger partial charge in [-0.2, -0.15) is 4.31 Å². The lowest BCUT2D eigenvalue weighted by atomic mass is 9.97. The van der Waals surface area contributed by atoms with Crippen molar-refractivity contribution in [2.45, 2.75) is 68.5 Å². The zero-order chi connectivity index (χ0) is 35.9. The summed E-state index contributed by atoms with van der Waals surface area (Å²) in [5.41, 5.74) is 6.20. The highest BCUT2D eigenvalue weighted by molar-refractivity contribution is 7.89. The molecule has 5 atom stereocenters. The number of hydrogen-bond donors (Lipinski definition) is 2. The largest absolute Gasteiger partial charge is 0.425 e. The smallest absolute Gasteiger partial charge is 0.409 e. The number of nitrogens with zero attached hydrogens (tertiary/aromatic N) is 4. The van der Waals surface area contributed by atoms with Crippen LogP contribution in [-0.2, 0) is 35.6 Å². The van der Waals surface area contributed by atoms with Gasteiger partial charge in [-0.15, -0.1) is 0 Å². The highest BCUT2D eigenvalue weighted by atomic mass is 35.5. The lowest BCUT2D eigenvalue weighted by Gasteiger charge is -2.52. The Morgan fingerprint density at radius 1 is 1.06 bits per heavy atom. The Balaban J connectivity index is 1.49. The minimum absolute atomic E-state index is 0.161. The number of nitrogens with two attached hydrogens (primary N) is 1. The Morgan fingerprint density at radius 3 is 2.43 bits per heavy atom. The first-order valence-electron chi connectivity index (χ1n) is 15.5. The van der Waals surface area contributed by atoms with E-state index in [1.165, 1.54) is 41.1 Å². The summed E-state index contributed by atoms with van der Waals surface area (Å²) in [4.78, 5) is 57.3. The molecule has 13 nitrogen and oxygen atoms in total. The molecule has 0 saturated carbocycles. The van der Waals surface area contributed by atoms with Crippen molar-refractivity contribution < 1.29 is 41.1 Å². The Morgan fingerprint density at radius 2 is 1.78 bits per heavy atom. The number of likely N-dealkylation sites (N-methyl/N-ethyl adjacent to an activating group) is 1. The van der Waals surface area contributed by atoms with Crippen molar-refractivity contribution in [3.8, 4) is 0 Å². The number of rotatable bonds is 8.